The molecule has 0 aromatic rings. The first-order chi connectivity index (χ1) is 21.2. The molecule has 9 aliphatic rings. The summed E-state index contributed by atoms with van der Waals surface area (Å²) in [5.41, 5.74) is 0. The number of aliphatic hydroxyl groups excluding tert-OH is 1. The van der Waals surface area contributed by atoms with Gasteiger partial charge in [-0.05, 0) is 111 Å². The fourth-order valence-corrected chi connectivity index (χ4v) is 12.7. The van der Waals surface area contributed by atoms with E-state index in [0.29, 0.717) is 97.4 Å². The molecule has 9 fully saturated rings. The predicted octanol–water partition coefficient (Wildman–Crippen LogP) is 2.21. The van der Waals surface area contributed by atoms with Crippen LogP contribution in [0.2, 0.25) is 0 Å². The molecule has 17 unspecified atom stereocenters. The Morgan fingerprint density at radius 2 is 0.659 bits per heavy atom. The minimum absolute atomic E-state index is 0. The van der Waals surface area contributed by atoms with Gasteiger partial charge in [0.2, 0.25) is 0 Å². The summed E-state index contributed by atoms with van der Waals surface area (Å²) in [4.78, 5) is 0. The van der Waals surface area contributed by atoms with Crippen molar-refractivity contribution >= 4 is 0 Å². The molecule has 0 aromatic carbocycles. The van der Waals surface area contributed by atoms with Gasteiger partial charge >= 0.3 is 0 Å². The van der Waals surface area contributed by atoms with Crippen molar-refractivity contribution < 1.29 is 24.6 Å². The Morgan fingerprint density at radius 1 is 0.364 bits per heavy atom. The molecule has 9 rings (SSSR count). The molecule has 8 bridgehead atoms. The summed E-state index contributed by atoms with van der Waals surface area (Å²) in [6.45, 7) is 0.316. The molecular formula is C34H60N8OZn. The van der Waals surface area contributed by atoms with Crippen molar-refractivity contribution in [2.24, 2.45) is 53.3 Å². The maximum atomic E-state index is 10.1. The summed E-state index contributed by atoms with van der Waals surface area (Å²) in [6, 6.07) is 0. The molecule has 0 aromatic heterocycles. The van der Waals surface area contributed by atoms with E-state index in [1.54, 1.807) is 0 Å². The van der Waals surface area contributed by atoms with E-state index in [0.717, 1.165) is 18.3 Å². The SMILES string of the molecule is OCCC1CCCC2C3NC4NC(NC5NC(NC6NC(NC(N3)C12)C1CCCCC61)C1CCCCC51)C1CCCCC41.[Zn]. The summed E-state index contributed by atoms with van der Waals surface area (Å²) < 4.78 is 0. The van der Waals surface area contributed by atoms with Crippen LogP contribution in [0, 0.1) is 53.3 Å². The minimum atomic E-state index is 0. The van der Waals surface area contributed by atoms with Gasteiger partial charge in [0.1, 0.15) is 0 Å². The third-order valence-corrected chi connectivity index (χ3v) is 14.5. The van der Waals surface area contributed by atoms with Crippen LogP contribution < -0.4 is 42.5 Å². The maximum absolute atomic E-state index is 10.1. The summed E-state index contributed by atoms with van der Waals surface area (Å²) in [7, 11) is 0. The van der Waals surface area contributed by atoms with Crippen LogP contribution in [-0.2, 0) is 19.5 Å². The van der Waals surface area contributed by atoms with E-state index in [4.69, 9.17) is 0 Å². The van der Waals surface area contributed by atoms with Crippen LogP contribution in [0.25, 0.3) is 0 Å². The van der Waals surface area contributed by atoms with Gasteiger partial charge in [-0.3, -0.25) is 42.5 Å². The molecule has 17 atom stereocenters. The Bertz CT molecular complexity index is 989. The Balaban J connectivity index is 0.00000289. The molecule has 244 valence electrons. The average Bonchev–Trinajstić information content (AvgIpc) is 3.77. The van der Waals surface area contributed by atoms with Crippen LogP contribution in [0.4, 0.5) is 0 Å². The number of fused-ring (bicyclic) bond motifs is 20. The molecule has 0 amide bonds. The predicted molar refractivity (Wildman–Crippen MR) is 168 cm³/mol. The van der Waals surface area contributed by atoms with Crippen molar-refractivity contribution in [3.05, 3.63) is 0 Å². The van der Waals surface area contributed by atoms with Crippen molar-refractivity contribution in [3.63, 3.8) is 0 Å². The molecule has 9 nitrogen and oxygen atoms in total. The summed E-state index contributed by atoms with van der Waals surface area (Å²) in [5.74, 6) is 6.01. The molecule has 0 radical (unpaired) electrons. The normalized spacial score (nSPS) is 54.9. The van der Waals surface area contributed by atoms with Gasteiger partial charge in [0.05, 0.1) is 49.3 Å². The van der Waals surface area contributed by atoms with Crippen molar-refractivity contribution in [2.75, 3.05) is 6.61 Å². The Morgan fingerprint density at radius 3 is 1.00 bits per heavy atom. The molecule has 10 heteroatoms. The molecule has 0 spiro atoms. The Kier molecular flexibility index (Phi) is 9.52. The molecule has 44 heavy (non-hydrogen) atoms. The third-order valence-electron chi connectivity index (χ3n) is 14.5. The molecule has 4 saturated carbocycles. The smallest absolute Gasteiger partial charge is 0.0631 e. The van der Waals surface area contributed by atoms with E-state index >= 15 is 0 Å². The summed E-state index contributed by atoms with van der Waals surface area (Å²) in [6.07, 6.45) is 24.0. The van der Waals surface area contributed by atoms with E-state index < -0.39 is 0 Å². The van der Waals surface area contributed by atoms with E-state index in [9.17, 15) is 5.11 Å². The number of aliphatic hydroxyl groups is 1. The van der Waals surface area contributed by atoms with Crippen LogP contribution in [0.15, 0.2) is 0 Å². The van der Waals surface area contributed by atoms with Crippen LogP contribution in [-0.4, -0.2) is 61.0 Å². The monoisotopic (exact) mass is 660 g/mol. The van der Waals surface area contributed by atoms with Gasteiger partial charge in [-0.2, -0.15) is 0 Å². The average molecular weight is 662 g/mol. The molecule has 4 aliphatic carbocycles. The molecule has 5 aliphatic heterocycles. The van der Waals surface area contributed by atoms with Crippen LogP contribution in [0.1, 0.15) is 103 Å². The van der Waals surface area contributed by atoms with E-state index in [1.807, 2.05) is 0 Å². The second-order valence-electron chi connectivity index (χ2n) is 16.4. The third kappa shape index (κ3) is 5.51. The van der Waals surface area contributed by atoms with Gasteiger partial charge in [0.25, 0.3) is 0 Å². The quantitative estimate of drug-likeness (QED) is 0.206. The summed E-state index contributed by atoms with van der Waals surface area (Å²) in [5, 5.41) is 43.9. The van der Waals surface area contributed by atoms with E-state index in [-0.39, 0.29) is 19.5 Å². The standard InChI is InChI=1S/C34H60N8O.Zn/c43-17-16-18-8-7-15-25-26(18)34-41-32-24-14-6-5-13-23(24)30(39-32)37-28-20-10-2-1-9-19(20)27(35-28)36-29-21-11-3-4-12-22(21)31(38-29)40-33(25)42-34;/h18-43H,1-17H2;. The fourth-order valence-electron chi connectivity index (χ4n) is 12.7. The zero-order valence-electron chi connectivity index (χ0n) is 27.0. The van der Waals surface area contributed by atoms with Crippen molar-refractivity contribution in [1.29, 1.82) is 0 Å². The molecule has 9 N–H and O–H groups in total. The number of rotatable bonds is 2. The maximum Gasteiger partial charge on any atom is 0.0631 e. The minimum Gasteiger partial charge on any atom is -0.396 e. The topological polar surface area (TPSA) is 116 Å². The second-order valence-corrected chi connectivity index (χ2v) is 16.4. The fraction of sp³-hybridized carbons (Fsp3) is 1.00. The van der Waals surface area contributed by atoms with Crippen LogP contribution >= 0.6 is 0 Å². The second kappa shape index (κ2) is 13.3. The Labute approximate surface area is 278 Å². The van der Waals surface area contributed by atoms with Gasteiger partial charge < -0.3 is 5.11 Å². The van der Waals surface area contributed by atoms with Crippen molar-refractivity contribution in [1.82, 2.24) is 42.5 Å². The van der Waals surface area contributed by atoms with Gasteiger partial charge in [0.15, 0.2) is 0 Å². The number of hydrogen-bond donors (Lipinski definition) is 9. The zero-order chi connectivity index (χ0) is 28.5. The molecule has 5 saturated heterocycles. The van der Waals surface area contributed by atoms with Gasteiger partial charge in [-0.25, -0.2) is 0 Å². The van der Waals surface area contributed by atoms with E-state index in [2.05, 4.69) is 42.5 Å². The number of nitrogens with one attached hydrogen (secondary N) is 8. The largest absolute Gasteiger partial charge is 0.396 e. The van der Waals surface area contributed by atoms with Gasteiger partial charge in [-0.15, -0.1) is 0 Å². The first kappa shape index (κ1) is 31.5. The molecular weight excluding hydrogens is 602 g/mol. The van der Waals surface area contributed by atoms with Gasteiger partial charge in [0, 0.05) is 26.1 Å². The first-order valence-electron chi connectivity index (χ1n) is 18.9. The van der Waals surface area contributed by atoms with Gasteiger partial charge in [-0.1, -0.05) is 44.9 Å². The zero-order valence-corrected chi connectivity index (χ0v) is 30.0. The molecule has 5 heterocycles. The van der Waals surface area contributed by atoms with Crippen molar-refractivity contribution in [3.8, 4) is 0 Å². The first-order valence-corrected chi connectivity index (χ1v) is 18.9. The Hall–Kier alpha value is 0.263. The van der Waals surface area contributed by atoms with Crippen LogP contribution in [0.5, 0.6) is 0 Å². The van der Waals surface area contributed by atoms with E-state index in [1.165, 1.54) is 96.3 Å². The van der Waals surface area contributed by atoms with Crippen LogP contribution in [0.3, 0.4) is 0 Å². The number of hydrogen-bond acceptors (Lipinski definition) is 9. The van der Waals surface area contributed by atoms with Crippen molar-refractivity contribution in [2.45, 2.75) is 152 Å². The summed E-state index contributed by atoms with van der Waals surface area (Å²) >= 11 is 0.